The highest BCUT2D eigenvalue weighted by Crippen LogP contribution is 2.19. The molecule has 0 aliphatic heterocycles. The molecule has 2 aromatic rings. The molecule has 1 atom stereocenters. The first-order valence-corrected chi connectivity index (χ1v) is 8.00. The van der Waals surface area contributed by atoms with Crippen LogP contribution in [0.15, 0.2) is 23.3 Å². The summed E-state index contributed by atoms with van der Waals surface area (Å²) < 4.78 is 1.89. The van der Waals surface area contributed by atoms with E-state index in [-0.39, 0.29) is 30.1 Å². The van der Waals surface area contributed by atoms with Crippen LogP contribution >= 0.6 is 0 Å². The molecule has 0 unspecified atom stereocenters. The molecule has 0 saturated carbocycles. The van der Waals surface area contributed by atoms with Crippen molar-refractivity contribution in [3.05, 3.63) is 51.5 Å². The van der Waals surface area contributed by atoms with Crippen molar-refractivity contribution in [3.63, 3.8) is 0 Å². The molecule has 0 aliphatic carbocycles. The van der Waals surface area contributed by atoms with E-state index in [2.05, 4.69) is 20.6 Å². The van der Waals surface area contributed by atoms with Gasteiger partial charge in [-0.15, -0.1) is 0 Å². The number of carbonyl (C=O) groups excluding carboxylic acids is 1. The molecule has 2 aromatic heterocycles. The average Bonchev–Trinajstić information content (AvgIpc) is 2.89. The van der Waals surface area contributed by atoms with Crippen LogP contribution in [-0.2, 0) is 13.6 Å². The van der Waals surface area contributed by atoms with Gasteiger partial charge in [0.2, 0.25) is 0 Å². The molecule has 0 radical (unpaired) electrons. The maximum Gasteiger partial charge on any atom is 0.315 e. The van der Waals surface area contributed by atoms with E-state index in [4.69, 9.17) is 0 Å². The molecule has 2 heterocycles. The summed E-state index contributed by atoms with van der Waals surface area (Å²) in [5.74, 6) is 0.978. The lowest BCUT2D eigenvalue weighted by atomic mass is 10.0. The Bertz CT molecular complexity index is 776. The number of aryl methyl sites for hydroxylation is 3. The van der Waals surface area contributed by atoms with Crippen LogP contribution in [0.3, 0.4) is 0 Å². The molecular weight excluding hydrogens is 306 g/mol. The summed E-state index contributed by atoms with van der Waals surface area (Å²) in [6.07, 6.45) is 3.55. The minimum atomic E-state index is -0.323. The van der Waals surface area contributed by atoms with Crippen molar-refractivity contribution < 1.29 is 4.79 Å². The molecule has 0 fully saturated rings. The number of nitrogens with zero attached hydrogens (tertiary/aromatic N) is 2. The van der Waals surface area contributed by atoms with E-state index in [0.717, 1.165) is 17.1 Å². The molecule has 0 aromatic carbocycles. The third-order valence-electron chi connectivity index (χ3n) is 4.01. The molecule has 7 nitrogen and oxygen atoms in total. The molecule has 0 saturated heterocycles. The Labute approximate surface area is 141 Å². The summed E-state index contributed by atoms with van der Waals surface area (Å²) in [6.45, 7) is 7.92. The number of amides is 2. The number of urea groups is 1. The Morgan fingerprint density at radius 3 is 2.62 bits per heavy atom. The number of pyridine rings is 1. The maximum atomic E-state index is 12.3. The number of nitrogens with one attached hydrogen (secondary N) is 3. The molecule has 0 bridgehead atoms. The summed E-state index contributed by atoms with van der Waals surface area (Å²) in [5.41, 5.74) is 2.06. The number of carbonyl (C=O) groups is 1. The van der Waals surface area contributed by atoms with E-state index in [1.807, 2.05) is 51.6 Å². The molecular formula is C17H25N5O2. The van der Waals surface area contributed by atoms with Crippen LogP contribution in [0.4, 0.5) is 4.79 Å². The minimum Gasteiger partial charge on any atom is -0.336 e. The number of imidazole rings is 1. The van der Waals surface area contributed by atoms with Crippen LogP contribution in [0.1, 0.15) is 42.5 Å². The average molecular weight is 331 g/mol. The van der Waals surface area contributed by atoms with Gasteiger partial charge in [0.15, 0.2) is 0 Å². The lowest BCUT2D eigenvalue weighted by Gasteiger charge is -2.22. The second-order valence-electron chi connectivity index (χ2n) is 6.39. The van der Waals surface area contributed by atoms with Crippen LogP contribution in [0, 0.1) is 19.8 Å². The van der Waals surface area contributed by atoms with Crippen molar-refractivity contribution in [1.82, 2.24) is 25.2 Å². The molecule has 3 N–H and O–H groups in total. The molecule has 2 rings (SSSR count). The molecule has 0 aliphatic rings. The predicted octanol–water partition coefficient (Wildman–Crippen LogP) is 1.92. The van der Waals surface area contributed by atoms with E-state index in [9.17, 15) is 9.59 Å². The van der Waals surface area contributed by atoms with Gasteiger partial charge in [0.1, 0.15) is 5.82 Å². The standard InChI is InChI=1S/C17H25N5O2/c1-10(2)14(15-18-6-7-22(15)5)21-17(24)19-9-13-11(3)8-12(4)20-16(13)23/h6-8,10,14H,9H2,1-5H3,(H,20,23)(H2,19,21,24)/t14-/m1/s1. The summed E-state index contributed by atoms with van der Waals surface area (Å²) in [6, 6.07) is 1.36. The minimum absolute atomic E-state index is 0.169. The topological polar surface area (TPSA) is 91.8 Å². The van der Waals surface area contributed by atoms with Gasteiger partial charge in [0.25, 0.3) is 5.56 Å². The lowest BCUT2D eigenvalue weighted by Crippen LogP contribution is -2.41. The van der Waals surface area contributed by atoms with Crippen LogP contribution in [-0.4, -0.2) is 20.6 Å². The van der Waals surface area contributed by atoms with E-state index in [0.29, 0.717) is 5.56 Å². The van der Waals surface area contributed by atoms with Crippen LogP contribution in [0.5, 0.6) is 0 Å². The third-order valence-corrected chi connectivity index (χ3v) is 4.01. The zero-order valence-electron chi connectivity index (χ0n) is 14.8. The molecule has 130 valence electrons. The van der Waals surface area contributed by atoms with Gasteiger partial charge in [0, 0.05) is 30.7 Å². The Balaban J connectivity index is 2.05. The highest BCUT2D eigenvalue weighted by Gasteiger charge is 2.22. The first kappa shape index (κ1) is 17.8. The maximum absolute atomic E-state index is 12.3. The number of rotatable bonds is 5. The number of hydrogen-bond acceptors (Lipinski definition) is 3. The fraction of sp³-hybridized carbons (Fsp3) is 0.471. The first-order chi connectivity index (χ1) is 11.3. The summed E-state index contributed by atoms with van der Waals surface area (Å²) in [4.78, 5) is 31.3. The van der Waals surface area contributed by atoms with Crippen LogP contribution in [0.2, 0.25) is 0 Å². The Hall–Kier alpha value is -2.57. The normalized spacial score (nSPS) is 12.2. The predicted molar refractivity (Wildman–Crippen MR) is 92.7 cm³/mol. The largest absolute Gasteiger partial charge is 0.336 e. The van der Waals surface area contributed by atoms with Gasteiger partial charge in [-0.25, -0.2) is 9.78 Å². The smallest absolute Gasteiger partial charge is 0.315 e. The second kappa shape index (κ2) is 7.33. The van der Waals surface area contributed by atoms with Crippen molar-refractivity contribution in [2.75, 3.05) is 0 Å². The van der Waals surface area contributed by atoms with Gasteiger partial charge >= 0.3 is 6.03 Å². The Kier molecular flexibility index (Phi) is 5.43. The van der Waals surface area contributed by atoms with E-state index >= 15 is 0 Å². The van der Waals surface area contributed by atoms with Gasteiger partial charge in [-0.05, 0) is 31.4 Å². The van der Waals surface area contributed by atoms with Gasteiger partial charge in [-0.1, -0.05) is 13.8 Å². The Morgan fingerprint density at radius 2 is 2.08 bits per heavy atom. The number of aromatic nitrogens is 3. The zero-order chi connectivity index (χ0) is 17.9. The lowest BCUT2D eigenvalue weighted by molar-refractivity contribution is 0.231. The van der Waals surface area contributed by atoms with E-state index in [1.165, 1.54) is 0 Å². The van der Waals surface area contributed by atoms with Crippen molar-refractivity contribution in [3.8, 4) is 0 Å². The fourth-order valence-corrected chi connectivity index (χ4v) is 2.67. The van der Waals surface area contributed by atoms with Gasteiger partial charge < -0.3 is 20.2 Å². The van der Waals surface area contributed by atoms with Gasteiger partial charge in [0.05, 0.1) is 12.6 Å². The fourth-order valence-electron chi connectivity index (χ4n) is 2.67. The van der Waals surface area contributed by atoms with E-state index < -0.39 is 0 Å². The monoisotopic (exact) mass is 331 g/mol. The Morgan fingerprint density at radius 1 is 1.38 bits per heavy atom. The van der Waals surface area contributed by atoms with Crippen molar-refractivity contribution >= 4 is 6.03 Å². The molecule has 2 amide bonds. The zero-order valence-corrected chi connectivity index (χ0v) is 14.8. The number of H-pyrrole nitrogens is 1. The summed E-state index contributed by atoms with van der Waals surface area (Å²) in [7, 11) is 1.90. The quantitative estimate of drug-likeness (QED) is 0.781. The summed E-state index contributed by atoms with van der Waals surface area (Å²) >= 11 is 0. The van der Waals surface area contributed by atoms with Gasteiger partial charge in [-0.3, -0.25) is 4.79 Å². The van der Waals surface area contributed by atoms with Crippen molar-refractivity contribution in [2.24, 2.45) is 13.0 Å². The molecule has 7 heteroatoms. The number of hydrogen-bond donors (Lipinski definition) is 3. The highest BCUT2D eigenvalue weighted by molar-refractivity contribution is 5.74. The highest BCUT2D eigenvalue weighted by atomic mass is 16.2. The second-order valence-corrected chi connectivity index (χ2v) is 6.39. The SMILES string of the molecule is Cc1cc(C)c(CNC(=O)N[C@@H](c2nccn2C)C(C)C)c(=O)[nH]1. The van der Waals surface area contributed by atoms with Gasteiger partial charge in [-0.2, -0.15) is 0 Å². The molecule has 0 spiro atoms. The van der Waals surface area contributed by atoms with Crippen molar-refractivity contribution in [1.29, 1.82) is 0 Å². The van der Waals surface area contributed by atoms with Crippen LogP contribution in [0.25, 0.3) is 0 Å². The first-order valence-electron chi connectivity index (χ1n) is 8.00. The van der Waals surface area contributed by atoms with Crippen LogP contribution < -0.4 is 16.2 Å². The molecule has 24 heavy (non-hydrogen) atoms. The van der Waals surface area contributed by atoms with Crippen molar-refractivity contribution in [2.45, 2.75) is 40.3 Å². The third kappa shape index (κ3) is 4.04. The number of aromatic amines is 1. The van der Waals surface area contributed by atoms with E-state index in [1.54, 1.807) is 6.20 Å². The summed E-state index contributed by atoms with van der Waals surface area (Å²) in [5, 5.41) is 5.69.